The molecule has 1 aromatic carbocycles. The first kappa shape index (κ1) is 13.0. The normalized spacial score (nSPS) is 9.88. The summed E-state index contributed by atoms with van der Waals surface area (Å²) in [4.78, 5) is 15.5. The minimum absolute atomic E-state index is 0.137. The van der Waals surface area contributed by atoms with Gasteiger partial charge in [0.25, 0.3) is 0 Å². The lowest BCUT2D eigenvalue weighted by Gasteiger charge is -2.05. The summed E-state index contributed by atoms with van der Waals surface area (Å²) >= 11 is 3.34. The number of hydrogen-bond acceptors (Lipinski definition) is 3. The third-order valence-corrected chi connectivity index (χ3v) is 2.38. The lowest BCUT2D eigenvalue weighted by atomic mass is 10.3. The van der Waals surface area contributed by atoms with Gasteiger partial charge in [0.1, 0.15) is 5.75 Å². The maximum atomic E-state index is 11.0. The molecule has 5 heteroatoms. The summed E-state index contributed by atoms with van der Waals surface area (Å²) in [7, 11) is 1.41. The number of ether oxygens (including phenoxy) is 1. The van der Waals surface area contributed by atoms with Crippen LogP contribution >= 0.6 is 15.9 Å². The number of carbonyl (C=O) groups is 1. The first-order valence-electron chi connectivity index (χ1n) is 4.92. The molecule has 0 aliphatic carbocycles. The average molecular weight is 288 g/mol. The minimum atomic E-state index is -0.137. The zero-order valence-electron chi connectivity index (χ0n) is 9.03. The van der Waals surface area contributed by atoms with Crippen molar-refractivity contribution < 1.29 is 14.4 Å². The molecule has 0 heterocycles. The summed E-state index contributed by atoms with van der Waals surface area (Å²) in [6.07, 6.45) is 1.05. The quantitative estimate of drug-likeness (QED) is 0.645. The Labute approximate surface area is 103 Å². The zero-order chi connectivity index (χ0) is 11.8. The van der Waals surface area contributed by atoms with Crippen molar-refractivity contribution in [3.05, 3.63) is 28.7 Å². The van der Waals surface area contributed by atoms with E-state index in [0.717, 1.165) is 10.2 Å². The van der Waals surface area contributed by atoms with Crippen molar-refractivity contribution in [1.82, 2.24) is 5.48 Å². The first-order valence-corrected chi connectivity index (χ1v) is 5.72. The predicted octanol–water partition coefficient (Wildman–Crippen LogP) is 2.29. The Morgan fingerprint density at radius 1 is 1.38 bits per heavy atom. The van der Waals surface area contributed by atoms with Crippen molar-refractivity contribution in [3.63, 3.8) is 0 Å². The van der Waals surface area contributed by atoms with Crippen molar-refractivity contribution in [1.29, 1.82) is 0 Å². The van der Waals surface area contributed by atoms with E-state index in [-0.39, 0.29) is 5.91 Å². The van der Waals surface area contributed by atoms with Gasteiger partial charge in [-0.25, -0.2) is 5.48 Å². The maximum Gasteiger partial charge on any atom is 0.243 e. The Balaban J connectivity index is 2.16. The standard InChI is InChI=1S/C11H14BrNO3/c1-15-13-11(14)3-2-8-16-10-6-4-9(12)5-7-10/h4-7H,2-3,8H2,1H3,(H,13,14). The molecule has 0 fully saturated rings. The summed E-state index contributed by atoms with van der Waals surface area (Å²) in [5.41, 5.74) is 2.25. The van der Waals surface area contributed by atoms with Crippen molar-refractivity contribution in [2.45, 2.75) is 12.8 Å². The van der Waals surface area contributed by atoms with E-state index in [2.05, 4.69) is 26.2 Å². The monoisotopic (exact) mass is 287 g/mol. The molecule has 0 saturated carbocycles. The molecule has 0 aliphatic rings. The molecule has 0 aliphatic heterocycles. The third kappa shape index (κ3) is 5.14. The molecule has 1 amide bonds. The number of amides is 1. The summed E-state index contributed by atoms with van der Waals surface area (Å²) < 4.78 is 6.46. The van der Waals surface area contributed by atoms with Crippen LogP contribution in [-0.4, -0.2) is 19.6 Å². The van der Waals surface area contributed by atoms with E-state index in [1.165, 1.54) is 7.11 Å². The van der Waals surface area contributed by atoms with Crippen LogP contribution in [0.4, 0.5) is 0 Å². The molecular formula is C11H14BrNO3. The van der Waals surface area contributed by atoms with Gasteiger partial charge in [0.05, 0.1) is 13.7 Å². The second kappa shape index (κ2) is 7.24. The number of nitrogens with one attached hydrogen (secondary N) is 1. The van der Waals surface area contributed by atoms with Gasteiger partial charge in [-0.1, -0.05) is 15.9 Å². The lowest BCUT2D eigenvalue weighted by molar-refractivity contribution is -0.131. The van der Waals surface area contributed by atoms with Gasteiger partial charge >= 0.3 is 0 Å². The van der Waals surface area contributed by atoms with Crippen LogP contribution in [0.25, 0.3) is 0 Å². The van der Waals surface area contributed by atoms with Crippen molar-refractivity contribution in [2.75, 3.05) is 13.7 Å². The number of hydrogen-bond donors (Lipinski definition) is 1. The van der Waals surface area contributed by atoms with Crippen molar-refractivity contribution in [2.24, 2.45) is 0 Å². The van der Waals surface area contributed by atoms with E-state index in [1.54, 1.807) is 0 Å². The average Bonchev–Trinajstić information content (AvgIpc) is 2.27. The Bertz CT molecular complexity index is 327. The van der Waals surface area contributed by atoms with Gasteiger partial charge in [0.2, 0.25) is 5.91 Å². The van der Waals surface area contributed by atoms with E-state index >= 15 is 0 Å². The van der Waals surface area contributed by atoms with E-state index in [1.807, 2.05) is 24.3 Å². The minimum Gasteiger partial charge on any atom is -0.494 e. The first-order chi connectivity index (χ1) is 7.72. The van der Waals surface area contributed by atoms with E-state index < -0.39 is 0 Å². The summed E-state index contributed by atoms with van der Waals surface area (Å²) in [5, 5.41) is 0. The van der Waals surface area contributed by atoms with Crippen LogP contribution in [0.15, 0.2) is 28.7 Å². The molecule has 1 aromatic rings. The zero-order valence-corrected chi connectivity index (χ0v) is 10.6. The van der Waals surface area contributed by atoms with Gasteiger partial charge in [-0.05, 0) is 30.7 Å². The molecule has 0 spiro atoms. The molecule has 1 rings (SSSR count). The van der Waals surface area contributed by atoms with Crippen LogP contribution in [0, 0.1) is 0 Å². The Hall–Kier alpha value is -1.07. The Morgan fingerprint density at radius 2 is 2.06 bits per heavy atom. The summed E-state index contributed by atoms with van der Waals surface area (Å²) in [6.45, 7) is 0.513. The van der Waals surface area contributed by atoms with E-state index in [4.69, 9.17) is 4.74 Å². The number of halogens is 1. The molecule has 4 nitrogen and oxygen atoms in total. The summed E-state index contributed by atoms with van der Waals surface area (Å²) in [6, 6.07) is 7.57. The number of carbonyl (C=O) groups excluding carboxylic acids is 1. The fraction of sp³-hybridized carbons (Fsp3) is 0.364. The highest BCUT2D eigenvalue weighted by atomic mass is 79.9. The van der Waals surface area contributed by atoms with Gasteiger partial charge in [0, 0.05) is 10.9 Å². The number of hydroxylamine groups is 1. The second-order valence-corrected chi connectivity index (χ2v) is 4.05. The van der Waals surface area contributed by atoms with Gasteiger partial charge in [-0.2, -0.15) is 0 Å². The van der Waals surface area contributed by atoms with Gasteiger partial charge < -0.3 is 4.74 Å². The Morgan fingerprint density at radius 3 is 2.69 bits per heavy atom. The molecule has 0 saturated heterocycles. The molecule has 88 valence electrons. The van der Waals surface area contributed by atoms with E-state index in [9.17, 15) is 4.79 Å². The molecule has 0 atom stereocenters. The van der Waals surface area contributed by atoms with Crippen LogP contribution in [0.1, 0.15) is 12.8 Å². The fourth-order valence-electron chi connectivity index (χ4n) is 1.12. The smallest absolute Gasteiger partial charge is 0.243 e. The maximum absolute atomic E-state index is 11.0. The van der Waals surface area contributed by atoms with Crippen LogP contribution in [-0.2, 0) is 9.63 Å². The number of rotatable bonds is 6. The topological polar surface area (TPSA) is 47.6 Å². The van der Waals surface area contributed by atoms with E-state index in [0.29, 0.717) is 19.4 Å². The highest BCUT2D eigenvalue weighted by Crippen LogP contribution is 2.16. The van der Waals surface area contributed by atoms with Crippen LogP contribution in [0.3, 0.4) is 0 Å². The van der Waals surface area contributed by atoms with Gasteiger partial charge in [-0.3, -0.25) is 9.63 Å². The predicted molar refractivity (Wildman–Crippen MR) is 64.0 cm³/mol. The second-order valence-electron chi connectivity index (χ2n) is 3.14. The van der Waals surface area contributed by atoms with Crippen molar-refractivity contribution in [3.8, 4) is 5.75 Å². The fourth-order valence-corrected chi connectivity index (χ4v) is 1.38. The molecule has 16 heavy (non-hydrogen) atoms. The lowest BCUT2D eigenvalue weighted by Crippen LogP contribution is -2.21. The third-order valence-electron chi connectivity index (χ3n) is 1.85. The molecule has 0 radical (unpaired) electrons. The van der Waals surface area contributed by atoms with Crippen LogP contribution in [0.5, 0.6) is 5.75 Å². The van der Waals surface area contributed by atoms with Crippen LogP contribution < -0.4 is 10.2 Å². The molecule has 0 bridgehead atoms. The number of benzene rings is 1. The Kier molecular flexibility index (Phi) is 5.88. The molecule has 0 aromatic heterocycles. The molecule has 1 N–H and O–H groups in total. The largest absolute Gasteiger partial charge is 0.494 e. The molecular weight excluding hydrogens is 274 g/mol. The summed E-state index contributed by atoms with van der Waals surface area (Å²) in [5.74, 6) is 0.664. The SMILES string of the molecule is CONC(=O)CCCOc1ccc(Br)cc1. The van der Waals surface area contributed by atoms with Crippen LogP contribution in [0.2, 0.25) is 0 Å². The van der Waals surface area contributed by atoms with Gasteiger partial charge in [-0.15, -0.1) is 0 Å². The highest BCUT2D eigenvalue weighted by Gasteiger charge is 2.00. The highest BCUT2D eigenvalue weighted by molar-refractivity contribution is 9.10. The van der Waals surface area contributed by atoms with Crippen molar-refractivity contribution >= 4 is 21.8 Å². The van der Waals surface area contributed by atoms with Gasteiger partial charge in [0.15, 0.2) is 0 Å². The molecule has 0 unspecified atom stereocenters.